The van der Waals surface area contributed by atoms with Gasteiger partial charge < -0.3 is 11.1 Å². The van der Waals surface area contributed by atoms with Crippen LogP contribution in [0.15, 0.2) is 28.9 Å². The molecule has 0 aliphatic rings. The molecule has 1 heterocycles. The number of nitrogens with zero attached hydrogens (tertiary/aromatic N) is 1. The van der Waals surface area contributed by atoms with Crippen LogP contribution < -0.4 is 11.1 Å². The molecule has 0 fully saturated rings. The van der Waals surface area contributed by atoms with Gasteiger partial charge in [-0.05, 0) is 28.4 Å². The van der Waals surface area contributed by atoms with E-state index >= 15 is 0 Å². The van der Waals surface area contributed by atoms with Crippen LogP contribution >= 0.6 is 15.9 Å². The van der Waals surface area contributed by atoms with Gasteiger partial charge in [0.2, 0.25) is 0 Å². The molecule has 0 aliphatic heterocycles. The molecular formula is C10H14BrN3. The second-order valence-electron chi connectivity index (χ2n) is 3.06. The smallest absolute Gasteiger partial charge is 0.140 e. The van der Waals surface area contributed by atoms with E-state index in [1.165, 1.54) is 0 Å². The molecule has 0 aromatic carbocycles. The van der Waals surface area contributed by atoms with Crippen LogP contribution in [0.3, 0.4) is 0 Å². The van der Waals surface area contributed by atoms with Crippen LogP contribution in [0.25, 0.3) is 0 Å². The predicted octanol–water partition coefficient (Wildman–Crippen LogP) is 2.80. The Kier molecular flexibility index (Phi) is 3.95. The van der Waals surface area contributed by atoms with Gasteiger partial charge in [0.15, 0.2) is 0 Å². The van der Waals surface area contributed by atoms with E-state index in [2.05, 4.69) is 39.7 Å². The van der Waals surface area contributed by atoms with E-state index in [0.717, 1.165) is 28.8 Å². The Bertz CT molecular complexity index is 336. The van der Waals surface area contributed by atoms with Crippen molar-refractivity contribution >= 4 is 27.4 Å². The third-order valence-corrected chi connectivity index (χ3v) is 2.47. The van der Waals surface area contributed by atoms with Gasteiger partial charge >= 0.3 is 0 Å². The molecule has 4 heteroatoms. The standard InChI is InChI=1S/C10H14BrN3/c1-3-7(2)5-13-10-9(11)4-8(12)6-14-10/h4,6H,2-3,5,12H2,1H3,(H,13,14). The van der Waals surface area contributed by atoms with Gasteiger partial charge in [0.1, 0.15) is 5.82 Å². The second-order valence-corrected chi connectivity index (χ2v) is 3.91. The van der Waals surface area contributed by atoms with Gasteiger partial charge in [-0.2, -0.15) is 0 Å². The van der Waals surface area contributed by atoms with Crippen LogP contribution in [0.2, 0.25) is 0 Å². The summed E-state index contributed by atoms with van der Waals surface area (Å²) in [4.78, 5) is 4.16. The number of hydrogen-bond donors (Lipinski definition) is 2. The minimum Gasteiger partial charge on any atom is -0.397 e. The molecule has 0 aliphatic carbocycles. The number of rotatable bonds is 4. The van der Waals surface area contributed by atoms with Crippen molar-refractivity contribution in [1.29, 1.82) is 0 Å². The highest BCUT2D eigenvalue weighted by Crippen LogP contribution is 2.21. The van der Waals surface area contributed by atoms with Crippen LogP contribution in [-0.2, 0) is 0 Å². The largest absolute Gasteiger partial charge is 0.397 e. The summed E-state index contributed by atoms with van der Waals surface area (Å²) in [6.45, 7) is 6.73. The molecule has 1 aromatic rings. The SMILES string of the molecule is C=C(CC)CNc1ncc(N)cc1Br. The Morgan fingerprint density at radius 3 is 3.00 bits per heavy atom. The van der Waals surface area contributed by atoms with Crippen molar-refractivity contribution < 1.29 is 0 Å². The fourth-order valence-corrected chi connectivity index (χ4v) is 1.42. The van der Waals surface area contributed by atoms with Gasteiger partial charge in [0.05, 0.1) is 16.4 Å². The van der Waals surface area contributed by atoms with Gasteiger partial charge in [-0.3, -0.25) is 0 Å². The molecule has 0 amide bonds. The minimum atomic E-state index is 0.650. The Balaban J connectivity index is 2.63. The molecular weight excluding hydrogens is 242 g/mol. The number of nitrogens with two attached hydrogens (primary N) is 1. The summed E-state index contributed by atoms with van der Waals surface area (Å²) >= 11 is 3.38. The lowest BCUT2D eigenvalue weighted by Crippen LogP contribution is -2.05. The zero-order chi connectivity index (χ0) is 10.6. The van der Waals surface area contributed by atoms with Gasteiger partial charge in [-0.1, -0.05) is 19.1 Å². The molecule has 0 saturated carbocycles. The molecule has 14 heavy (non-hydrogen) atoms. The first kappa shape index (κ1) is 11.0. The zero-order valence-electron chi connectivity index (χ0n) is 8.18. The highest BCUT2D eigenvalue weighted by molar-refractivity contribution is 9.10. The third kappa shape index (κ3) is 3.03. The summed E-state index contributed by atoms with van der Waals surface area (Å²) in [6.07, 6.45) is 2.60. The normalized spacial score (nSPS) is 9.86. The van der Waals surface area contributed by atoms with E-state index < -0.39 is 0 Å². The third-order valence-electron chi connectivity index (χ3n) is 1.87. The molecule has 1 rings (SSSR count). The number of anilines is 2. The van der Waals surface area contributed by atoms with Crippen LogP contribution in [0.5, 0.6) is 0 Å². The fourth-order valence-electron chi connectivity index (χ4n) is 0.917. The molecule has 3 N–H and O–H groups in total. The van der Waals surface area contributed by atoms with Crippen LogP contribution in [-0.4, -0.2) is 11.5 Å². The molecule has 76 valence electrons. The summed E-state index contributed by atoms with van der Waals surface area (Å²) in [7, 11) is 0. The Morgan fingerprint density at radius 1 is 1.71 bits per heavy atom. The predicted molar refractivity (Wildman–Crippen MR) is 64.3 cm³/mol. The monoisotopic (exact) mass is 255 g/mol. The van der Waals surface area contributed by atoms with Crippen molar-refractivity contribution in [3.8, 4) is 0 Å². The minimum absolute atomic E-state index is 0.650. The molecule has 0 spiro atoms. The highest BCUT2D eigenvalue weighted by atomic mass is 79.9. The van der Waals surface area contributed by atoms with Crippen molar-refractivity contribution in [3.05, 3.63) is 28.9 Å². The molecule has 0 saturated heterocycles. The van der Waals surface area contributed by atoms with E-state index in [0.29, 0.717) is 5.69 Å². The summed E-state index contributed by atoms with van der Waals surface area (Å²) in [5.74, 6) is 0.800. The molecule has 0 radical (unpaired) electrons. The fraction of sp³-hybridized carbons (Fsp3) is 0.300. The topological polar surface area (TPSA) is 50.9 Å². The first-order valence-corrected chi connectivity index (χ1v) is 5.24. The van der Waals surface area contributed by atoms with Crippen LogP contribution in [0, 0.1) is 0 Å². The Labute approximate surface area is 92.5 Å². The maximum Gasteiger partial charge on any atom is 0.140 e. The number of aromatic nitrogens is 1. The maximum absolute atomic E-state index is 5.57. The molecule has 3 nitrogen and oxygen atoms in total. The first-order valence-electron chi connectivity index (χ1n) is 4.45. The molecule has 1 aromatic heterocycles. The zero-order valence-corrected chi connectivity index (χ0v) is 9.76. The van der Waals surface area contributed by atoms with Gasteiger partial charge in [0.25, 0.3) is 0 Å². The van der Waals surface area contributed by atoms with Crippen LogP contribution in [0.1, 0.15) is 13.3 Å². The molecule has 0 bridgehead atoms. The van der Waals surface area contributed by atoms with E-state index in [-0.39, 0.29) is 0 Å². The molecule has 0 unspecified atom stereocenters. The average molecular weight is 256 g/mol. The van der Waals surface area contributed by atoms with Gasteiger partial charge in [-0.15, -0.1) is 0 Å². The lowest BCUT2D eigenvalue weighted by atomic mass is 10.2. The summed E-state index contributed by atoms with van der Waals surface area (Å²) in [5, 5.41) is 3.18. The quantitative estimate of drug-likeness (QED) is 0.814. The lowest BCUT2D eigenvalue weighted by Gasteiger charge is -2.08. The van der Waals surface area contributed by atoms with Crippen molar-refractivity contribution in [2.45, 2.75) is 13.3 Å². The van der Waals surface area contributed by atoms with Crippen molar-refractivity contribution in [1.82, 2.24) is 4.98 Å². The number of pyridine rings is 1. The summed E-state index contributed by atoms with van der Waals surface area (Å²) in [6, 6.07) is 1.82. The Morgan fingerprint density at radius 2 is 2.43 bits per heavy atom. The number of halogens is 1. The second kappa shape index (κ2) is 5.00. The van der Waals surface area contributed by atoms with E-state index in [1.807, 2.05) is 6.07 Å². The lowest BCUT2D eigenvalue weighted by molar-refractivity contribution is 1.04. The van der Waals surface area contributed by atoms with Gasteiger partial charge in [-0.25, -0.2) is 4.98 Å². The maximum atomic E-state index is 5.57. The average Bonchev–Trinajstić information content (AvgIpc) is 2.16. The van der Waals surface area contributed by atoms with Crippen LogP contribution in [0.4, 0.5) is 11.5 Å². The van der Waals surface area contributed by atoms with E-state index in [1.54, 1.807) is 6.20 Å². The van der Waals surface area contributed by atoms with E-state index in [4.69, 9.17) is 5.73 Å². The van der Waals surface area contributed by atoms with E-state index in [9.17, 15) is 0 Å². The molecule has 0 atom stereocenters. The number of nitrogen functional groups attached to an aromatic ring is 1. The van der Waals surface area contributed by atoms with Crippen molar-refractivity contribution in [2.75, 3.05) is 17.6 Å². The first-order chi connectivity index (χ1) is 6.63. The summed E-state index contributed by atoms with van der Waals surface area (Å²) < 4.78 is 0.876. The summed E-state index contributed by atoms with van der Waals surface area (Å²) in [5.41, 5.74) is 7.37. The highest BCUT2D eigenvalue weighted by Gasteiger charge is 2.01. The number of hydrogen-bond acceptors (Lipinski definition) is 3. The van der Waals surface area contributed by atoms with Gasteiger partial charge in [0, 0.05) is 6.54 Å². The Hall–Kier alpha value is -1.03. The number of nitrogens with one attached hydrogen (secondary N) is 1. The van der Waals surface area contributed by atoms with Crippen molar-refractivity contribution in [2.24, 2.45) is 0 Å². The van der Waals surface area contributed by atoms with Crippen molar-refractivity contribution in [3.63, 3.8) is 0 Å².